The second-order valence-electron chi connectivity index (χ2n) is 6.47. The topological polar surface area (TPSA) is 81.6 Å². The fourth-order valence-corrected chi connectivity index (χ4v) is 3.94. The van der Waals surface area contributed by atoms with Crippen molar-refractivity contribution >= 4 is 64.6 Å². The number of thiophene rings is 1. The van der Waals surface area contributed by atoms with Gasteiger partial charge in [-0.05, 0) is 36.4 Å². The molecule has 1 aliphatic rings. The van der Waals surface area contributed by atoms with Crippen LogP contribution in [-0.2, 0) is 0 Å². The van der Waals surface area contributed by atoms with Gasteiger partial charge < -0.3 is 20.9 Å². The van der Waals surface area contributed by atoms with Crippen LogP contribution in [0, 0.1) is 0 Å². The number of rotatable bonds is 7. The molecule has 2 aromatic heterocycles. The molecule has 0 spiro atoms. The Morgan fingerprint density at radius 1 is 1.34 bits per heavy atom. The SMILES string of the molecule is CN=C(NCCCNC(=O)c1cccs1)NC1CCN(c2ncccc2Cl)C1.I. The van der Waals surface area contributed by atoms with Crippen LogP contribution in [-0.4, -0.2) is 56.1 Å². The number of carbonyl (C=O) groups is 1. The monoisotopic (exact) mass is 548 g/mol. The van der Waals surface area contributed by atoms with Crippen molar-refractivity contribution in [2.75, 3.05) is 38.1 Å². The molecule has 3 N–H and O–H groups in total. The predicted octanol–water partition coefficient (Wildman–Crippen LogP) is 2.98. The van der Waals surface area contributed by atoms with E-state index in [1.165, 1.54) is 11.3 Å². The van der Waals surface area contributed by atoms with Crippen LogP contribution in [0.25, 0.3) is 0 Å². The first-order valence-corrected chi connectivity index (χ1v) is 10.6. The number of anilines is 1. The Hall–Kier alpha value is -1.59. The number of aromatic nitrogens is 1. The number of nitrogens with one attached hydrogen (secondary N) is 3. The summed E-state index contributed by atoms with van der Waals surface area (Å²) in [5.74, 6) is 1.58. The second kappa shape index (κ2) is 12.2. The molecule has 1 amide bonds. The number of aliphatic imine (C=N–C) groups is 1. The molecule has 7 nitrogen and oxygen atoms in total. The maximum Gasteiger partial charge on any atom is 0.261 e. The van der Waals surface area contributed by atoms with Crippen LogP contribution in [0.2, 0.25) is 5.02 Å². The van der Waals surface area contributed by atoms with E-state index in [0.717, 1.165) is 49.1 Å². The summed E-state index contributed by atoms with van der Waals surface area (Å²) < 4.78 is 0. The van der Waals surface area contributed by atoms with Gasteiger partial charge in [0.05, 0.1) is 9.90 Å². The third-order valence-electron chi connectivity index (χ3n) is 4.47. The van der Waals surface area contributed by atoms with E-state index in [1.807, 2.05) is 29.6 Å². The van der Waals surface area contributed by atoms with Gasteiger partial charge in [-0.1, -0.05) is 17.7 Å². The Labute approximate surface area is 197 Å². The van der Waals surface area contributed by atoms with Crippen LogP contribution >= 0.6 is 46.9 Å². The Morgan fingerprint density at radius 3 is 2.90 bits per heavy atom. The van der Waals surface area contributed by atoms with Gasteiger partial charge in [0.2, 0.25) is 0 Å². The van der Waals surface area contributed by atoms with Crippen LogP contribution in [0.15, 0.2) is 40.8 Å². The van der Waals surface area contributed by atoms with Crippen molar-refractivity contribution in [2.45, 2.75) is 18.9 Å². The summed E-state index contributed by atoms with van der Waals surface area (Å²) in [6, 6.07) is 7.69. The smallest absolute Gasteiger partial charge is 0.261 e. The average molecular weight is 549 g/mol. The van der Waals surface area contributed by atoms with Crippen LogP contribution in [0.1, 0.15) is 22.5 Å². The molecule has 3 heterocycles. The van der Waals surface area contributed by atoms with Crippen LogP contribution in [0.4, 0.5) is 5.82 Å². The van der Waals surface area contributed by atoms with Gasteiger partial charge in [-0.25, -0.2) is 4.98 Å². The quantitative estimate of drug-likeness (QED) is 0.215. The molecule has 1 unspecified atom stereocenters. The van der Waals surface area contributed by atoms with E-state index < -0.39 is 0 Å². The summed E-state index contributed by atoms with van der Waals surface area (Å²) in [5.41, 5.74) is 0. The molecule has 0 aliphatic carbocycles. The van der Waals surface area contributed by atoms with Gasteiger partial charge in [-0.2, -0.15) is 0 Å². The molecule has 10 heteroatoms. The lowest BCUT2D eigenvalue weighted by molar-refractivity contribution is 0.0957. The number of amides is 1. The van der Waals surface area contributed by atoms with Gasteiger partial charge in [0.25, 0.3) is 5.91 Å². The van der Waals surface area contributed by atoms with Crippen molar-refractivity contribution in [2.24, 2.45) is 4.99 Å². The number of hydrogen-bond acceptors (Lipinski definition) is 5. The zero-order valence-electron chi connectivity index (χ0n) is 16.2. The standard InChI is InChI=1S/C19H25ClN6OS.HI/c1-21-19(24-10-4-9-23-18(27)16-6-3-12-28-16)25-14-7-11-26(13-14)17-15(20)5-2-8-22-17;/h2-3,5-6,8,12,14H,4,7,9-11,13H2,1H3,(H,23,27)(H2,21,24,25);1H. The van der Waals surface area contributed by atoms with E-state index in [4.69, 9.17) is 11.6 Å². The molecule has 1 fully saturated rings. The minimum atomic E-state index is -0.0169. The van der Waals surface area contributed by atoms with Crippen LogP contribution in [0.3, 0.4) is 0 Å². The molecular formula is C19H26ClIN6OS. The summed E-state index contributed by atoms with van der Waals surface area (Å²) in [7, 11) is 1.76. The first kappa shape index (κ1) is 23.7. The number of halogens is 2. The molecule has 2 aromatic rings. The maximum absolute atomic E-state index is 11.9. The highest BCUT2D eigenvalue weighted by Crippen LogP contribution is 2.25. The van der Waals surface area contributed by atoms with Gasteiger partial charge in [0, 0.05) is 45.5 Å². The minimum absolute atomic E-state index is 0. The summed E-state index contributed by atoms with van der Waals surface area (Å²) in [6.45, 7) is 3.08. The highest BCUT2D eigenvalue weighted by Gasteiger charge is 2.25. The van der Waals surface area contributed by atoms with Crippen molar-refractivity contribution in [3.05, 3.63) is 45.7 Å². The molecule has 1 saturated heterocycles. The molecule has 158 valence electrons. The lowest BCUT2D eigenvalue weighted by Crippen LogP contribution is -2.45. The number of guanidine groups is 1. The van der Waals surface area contributed by atoms with Gasteiger partial charge >= 0.3 is 0 Å². The number of pyridine rings is 1. The first-order chi connectivity index (χ1) is 13.7. The molecule has 0 bridgehead atoms. The summed E-state index contributed by atoms with van der Waals surface area (Å²) >= 11 is 7.70. The minimum Gasteiger partial charge on any atom is -0.356 e. The number of nitrogens with zero attached hydrogens (tertiary/aromatic N) is 3. The summed E-state index contributed by atoms with van der Waals surface area (Å²) in [5, 5.41) is 12.2. The van der Waals surface area contributed by atoms with Gasteiger partial charge in [0.15, 0.2) is 5.96 Å². The molecule has 0 aromatic carbocycles. The number of hydrogen-bond donors (Lipinski definition) is 3. The lowest BCUT2D eigenvalue weighted by atomic mass is 10.3. The average Bonchev–Trinajstić information content (AvgIpc) is 3.39. The third kappa shape index (κ3) is 7.00. The molecular weight excluding hydrogens is 523 g/mol. The summed E-state index contributed by atoms with van der Waals surface area (Å²) in [4.78, 5) is 23.5. The highest BCUT2D eigenvalue weighted by atomic mass is 127. The molecule has 1 aliphatic heterocycles. The van der Waals surface area contributed by atoms with Crippen molar-refractivity contribution in [3.8, 4) is 0 Å². The van der Waals surface area contributed by atoms with Crippen molar-refractivity contribution in [3.63, 3.8) is 0 Å². The fraction of sp³-hybridized carbons (Fsp3) is 0.421. The Bertz CT molecular complexity index is 804. The van der Waals surface area contributed by atoms with Gasteiger partial charge in [-0.15, -0.1) is 35.3 Å². The zero-order chi connectivity index (χ0) is 19.8. The van der Waals surface area contributed by atoms with E-state index in [1.54, 1.807) is 13.2 Å². The highest BCUT2D eigenvalue weighted by molar-refractivity contribution is 14.0. The second-order valence-corrected chi connectivity index (χ2v) is 7.83. The molecule has 3 rings (SSSR count). The maximum atomic E-state index is 11.9. The Kier molecular flexibility index (Phi) is 9.95. The van der Waals surface area contributed by atoms with Gasteiger partial charge in [-0.3, -0.25) is 9.79 Å². The molecule has 29 heavy (non-hydrogen) atoms. The normalized spacial score (nSPS) is 16.3. The lowest BCUT2D eigenvalue weighted by Gasteiger charge is -2.20. The molecule has 1 atom stereocenters. The van der Waals surface area contributed by atoms with Crippen LogP contribution < -0.4 is 20.9 Å². The van der Waals surface area contributed by atoms with Crippen molar-refractivity contribution < 1.29 is 4.79 Å². The number of carbonyl (C=O) groups excluding carboxylic acids is 1. The fourth-order valence-electron chi connectivity index (χ4n) is 3.06. The zero-order valence-corrected chi connectivity index (χ0v) is 20.1. The van der Waals surface area contributed by atoms with E-state index in [0.29, 0.717) is 11.6 Å². The summed E-state index contributed by atoms with van der Waals surface area (Å²) in [6.07, 6.45) is 3.57. The van der Waals surface area contributed by atoms with E-state index in [2.05, 4.69) is 30.8 Å². The Morgan fingerprint density at radius 2 is 2.17 bits per heavy atom. The molecule has 0 radical (unpaired) electrons. The predicted molar refractivity (Wildman–Crippen MR) is 131 cm³/mol. The first-order valence-electron chi connectivity index (χ1n) is 9.31. The van der Waals surface area contributed by atoms with E-state index in [-0.39, 0.29) is 35.9 Å². The Balaban J connectivity index is 0.00000300. The van der Waals surface area contributed by atoms with E-state index in [9.17, 15) is 4.79 Å². The molecule has 0 saturated carbocycles. The largest absolute Gasteiger partial charge is 0.356 e. The third-order valence-corrected chi connectivity index (χ3v) is 5.63. The van der Waals surface area contributed by atoms with Gasteiger partial charge in [0.1, 0.15) is 5.82 Å². The van der Waals surface area contributed by atoms with E-state index >= 15 is 0 Å². The van der Waals surface area contributed by atoms with Crippen LogP contribution in [0.5, 0.6) is 0 Å². The van der Waals surface area contributed by atoms with Crippen molar-refractivity contribution in [1.29, 1.82) is 0 Å². The van der Waals surface area contributed by atoms with Crippen molar-refractivity contribution in [1.82, 2.24) is 20.9 Å².